The zero-order valence-corrected chi connectivity index (χ0v) is 19.1. The molecule has 3 aromatic carbocycles. The molecule has 0 aliphatic rings. The Kier molecular flexibility index (Phi) is 8.05. The number of amides is 2. The maximum Gasteiger partial charge on any atom is 0.276 e. The van der Waals surface area contributed by atoms with Gasteiger partial charge in [-0.15, -0.1) is 0 Å². The Morgan fingerprint density at radius 1 is 0.903 bits per heavy atom. The molecule has 3 N–H and O–H groups in total. The third kappa shape index (κ3) is 6.81. The number of halogens is 2. The Bertz CT molecular complexity index is 1110. The lowest BCUT2D eigenvalue weighted by Crippen LogP contribution is -2.50. The number of nitrogens with one attached hydrogen (secondary N) is 3. The fourth-order valence-corrected chi connectivity index (χ4v) is 3.40. The van der Waals surface area contributed by atoms with Crippen molar-refractivity contribution >= 4 is 67.4 Å². The predicted octanol–water partition coefficient (Wildman–Crippen LogP) is 3.74. The van der Waals surface area contributed by atoms with Crippen LogP contribution in [-0.2, 0) is 9.59 Å². The van der Waals surface area contributed by atoms with Crippen LogP contribution in [0.15, 0.2) is 65.1 Å². The Balaban J connectivity index is 1.39. The number of ether oxygens (including phenoxy) is 2. The van der Waals surface area contributed by atoms with Crippen LogP contribution in [0.3, 0.4) is 0 Å². The lowest BCUT2D eigenvalue weighted by Gasteiger charge is -2.13. The minimum atomic E-state index is -0.488. The van der Waals surface area contributed by atoms with E-state index in [0.717, 1.165) is 15.2 Å². The fraction of sp³-hybridized carbons (Fsp3) is 0.0952. The molecule has 3 rings (SSSR count). The third-order valence-corrected chi connectivity index (χ3v) is 5.21. The highest BCUT2D eigenvalue weighted by molar-refractivity contribution is 9.10. The van der Waals surface area contributed by atoms with E-state index >= 15 is 0 Å². The second-order valence-corrected chi connectivity index (χ2v) is 7.82. The Morgan fingerprint density at radius 2 is 1.61 bits per heavy atom. The molecule has 0 saturated heterocycles. The van der Waals surface area contributed by atoms with Crippen LogP contribution in [0.25, 0.3) is 10.8 Å². The van der Waals surface area contributed by atoms with Gasteiger partial charge in [0.25, 0.3) is 11.8 Å². The molecule has 3 aromatic rings. The minimum absolute atomic E-state index is 0.0788. The van der Waals surface area contributed by atoms with E-state index in [2.05, 4.69) is 32.1 Å². The van der Waals surface area contributed by atoms with Gasteiger partial charge >= 0.3 is 0 Å². The zero-order valence-electron chi connectivity index (χ0n) is 16.0. The molecule has 0 bridgehead atoms. The fourth-order valence-electron chi connectivity index (χ4n) is 2.50. The van der Waals surface area contributed by atoms with Gasteiger partial charge in [0.2, 0.25) is 0 Å². The van der Waals surface area contributed by atoms with Gasteiger partial charge in [-0.05, 0) is 69.3 Å². The summed E-state index contributed by atoms with van der Waals surface area (Å²) in [5, 5.41) is 4.90. The molecule has 0 aliphatic heterocycles. The van der Waals surface area contributed by atoms with Crippen LogP contribution in [0.1, 0.15) is 0 Å². The maximum absolute atomic E-state index is 12.0. The molecule has 0 unspecified atom stereocenters. The van der Waals surface area contributed by atoms with Crippen molar-refractivity contribution in [2.45, 2.75) is 0 Å². The molecule has 0 atom stereocenters. The Labute approximate surface area is 197 Å². The van der Waals surface area contributed by atoms with Crippen LogP contribution in [0, 0.1) is 0 Å². The average molecular weight is 523 g/mol. The number of thiocarbonyl (C=S) groups is 1. The van der Waals surface area contributed by atoms with Gasteiger partial charge in [-0.2, -0.15) is 0 Å². The topological polar surface area (TPSA) is 88.7 Å². The summed E-state index contributed by atoms with van der Waals surface area (Å²) >= 11 is 14.3. The van der Waals surface area contributed by atoms with E-state index in [0.29, 0.717) is 16.5 Å². The van der Waals surface area contributed by atoms with Gasteiger partial charge in [0.05, 0.1) is 4.47 Å². The van der Waals surface area contributed by atoms with E-state index in [1.54, 1.807) is 30.3 Å². The monoisotopic (exact) mass is 521 g/mol. The van der Waals surface area contributed by atoms with Gasteiger partial charge in [-0.1, -0.05) is 41.9 Å². The SMILES string of the molecule is O=C(COc1ccc2ccccc2c1Br)NNC(=S)NC(=O)COc1ccc(Cl)cc1. The van der Waals surface area contributed by atoms with Crippen molar-refractivity contribution in [3.05, 3.63) is 70.2 Å². The zero-order chi connectivity index (χ0) is 22.2. The summed E-state index contributed by atoms with van der Waals surface area (Å²) in [4.78, 5) is 23.9. The van der Waals surface area contributed by atoms with Gasteiger partial charge < -0.3 is 9.47 Å². The standard InChI is InChI=1S/C21H17BrClN3O4S/c22-20-16-4-2-1-3-13(16)5-10-17(20)30-12-19(28)25-26-21(31)24-18(27)11-29-15-8-6-14(23)7-9-15/h1-10H,11-12H2,(H,25,28)(H2,24,26,27,31). The Hall–Kier alpha value is -2.88. The summed E-state index contributed by atoms with van der Waals surface area (Å²) in [6.07, 6.45) is 0. The van der Waals surface area contributed by atoms with Gasteiger partial charge in [-0.25, -0.2) is 0 Å². The van der Waals surface area contributed by atoms with Gasteiger partial charge in [0, 0.05) is 5.02 Å². The molecule has 160 valence electrons. The van der Waals surface area contributed by atoms with E-state index in [1.165, 1.54) is 0 Å². The first-order valence-electron chi connectivity index (χ1n) is 8.99. The van der Waals surface area contributed by atoms with Gasteiger partial charge in [-0.3, -0.25) is 25.8 Å². The van der Waals surface area contributed by atoms with Crippen molar-refractivity contribution in [3.8, 4) is 11.5 Å². The molecule has 0 aromatic heterocycles. The number of rotatable bonds is 6. The lowest BCUT2D eigenvalue weighted by atomic mass is 10.1. The molecule has 0 radical (unpaired) electrons. The molecule has 31 heavy (non-hydrogen) atoms. The van der Waals surface area contributed by atoms with Crippen LogP contribution in [0.2, 0.25) is 5.02 Å². The number of hydrogen-bond donors (Lipinski definition) is 3. The van der Waals surface area contributed by atoms with E-state index in [1.807, 2.05) is 30.3 Å². The molecular formula is C21H17BrClN3O4S. The molecule has 0 fully saturated rings. The third-order valence-electron chi connectivity index (χ3n) is 3.94. The second kappa shape index (κ2) is 10.9. The van der Waals surface area contributed by atoms with Crippen molar-refractivity contribution in [3.63, 3.8) is 0 Å². The first-order chi connectivity index (χ1) is 14.9. The van der Waals surface area contributed by atoms with Crippen LogP contribution in [0.4, 0.5) is 0 Å². The van der Waals surface area contributed by atoms with E-state index in [-0.39, 0.29) is 18.3 Å². The van der Waals surface area contributed by atoms with Crippen molar-refractivity contribution in [2.75, 3.05) is 13.2 Å². The van der Waals surface area contributed by atoms with Gasteiger partial charge in [0.15, 0.2) is 18.3 Å². The normalized spacial score (nSPS) is 10.3. The molecule has 2 amide bonds. The van der Waals surface area contributed by atoms with Crippen LogP contribution in [-0.4, -0.2) is 30.1 Å². The van der Waals surface area contributed by atoms with E-state index in [4.69, 9.17) is 33.3 Å². The highest BCUT2D eigenvalue weighted by atomic mass is 79.9. The summed E-state index contributed by atoms with van der Waals surface area (Å²) in [7, 11) is 0. The summed E-state index contributed by atoms with van der Waals surface area (Å²) in [5.74, 6) is 0.0555. The number of fused-ring (bicyclic) bond motifs is 1. The van der Waals surface area contributed by atoms with Crippen molar-refractivity contribution in [1.82, 2.24) is 16.2 Å². The summed E-state index contributed by atoms with van der Waals surface area (Å²) < 4.78 is 11.6. The first kappa shape index (κ1) is 22.8. The maximum atomic E-state index is 12.0. The number of hydrogen-bond acceptors (Lipinski definition) is 5. The first-order valence-corrected chi connectivity index (χ1v) is 10.6. The smallest absolute Gasteiger partial charge is 0.276 e. The minimum Gasteiger partial charge on any atom is -0.484 e. The lowest BCUT2D eigenvalue weighted by molar-refractivity contribution is -0.124. The van der Waals surface area contributed by atoms with Gasteiger partial charge in [0.1, 0.15) is 11.5 Å². The molecule has 10 heteroatoms. The average Bonchev–Trinajstić information content (AvgIpc) is 2.77. The molecule has 0 aliphatic carbocycles. The number of carbonyl (C=O) groups is 2. The molecule has 0 saturated carbocycles. The number of benzene rings is 3. The number of hydrazine groups is 1. The molecular weight excluding hydrogens is 506 g/mol. The highest BCUT2D eigenvalue weighted by Gasteiger charge is 2.10. The van der Waals surface area contributed by atoms with E-state index < -0.39 is 11.8 Å². The van der Waals surface area contributed by atoms with Crippen LogP contribution in [0.5, 0.6) is 11.5 Å². The van der Waals surface area contributed by atoms with Crippen molar-refractivity contribution in [1.29, 1.82) is 0 Å². The predicted molar refractivity (Wildman–Crippen MR) is 126 cm³/mol. The number of carbonyl (C=O) groups excluding carboxylic acids is 2. The second-order valence-electron chi connectivity index (χ2n) is 6.18. The molecule has 0 spiro atoms. The van der Waals surface area contributed by atoms with Crippen molar-refractivity contribution in [2.24, 2.45) is 0 Å². The summed E-state index contributed by atoms with van der Waals surface area (Å²) in [6.45, 7) is -0.503. The van der Waals surface area contributed by atoms with Crippen molar-refractivity contribution < 1.29 is 19.1 Å². The highest BCUT2D eigenvalue weighted by Crippen LogP contribution is 2.32. The van der Waals surface area contributed by atoms with E-state index in [9.17, 15) is 9.59 Å². The molecule has 0 heterocycles. The quantitative estimate of drug-likeness (QED) is 0.338. The molecule has 7 nitrogen and oxygen atoms in total. The van der Waals surface area contributed by atoms with Crippen LogP contribution >= 0.6 is 39.7 Å². The van der Waals surface area contributed by atoms with Crippen LogP contribution < -0.4 is 25.6 Å². The summed E-state index contributed by atoms with van der Waals surface area (Å²) in [6, 6.07) is 18.1. The Morgan fingerprint density at radius 3 is 2.39 bits per heavy atom. The summed E-state index contributed by atoms with van der Waals surface area (Å²) in [5.41, 5.74) is 4.79. The largest absolute Gasteiger partial charge is 0.484 e.